The van der Waals surface area contributed by atoms with E-state index >= 15 is 0 Å². The summed E-state index contributed by atoms with van der Waals surface area (Å²) in [4.78, 5) is 3.71. The summed E-state index contributed by atoms with van der Waals surface area (Å²) in [7, 11) is 0. The summed E-state index contributed by atoms with van der Waals surface area (Å²) in [5, 5.41) is 7.04. The molecule has 3 aromatic rings. The van der Waals surface area contributed by atoms with Crippen molar-refractivity contribution in [1.82, 2.24) is 20.1 Å². The molecule has 1 saturated heterocycles. The smallest absolute Gasteiger partial charge is 0.417 e. The SMILES string of the molecule is Nc1nc(N)n(-c2cc(Cl)c(-c3ccc(OC[C@H]4CCCN4)cc3)c(C(F)(F)F)c2)n1. The molecule has 0 bridgehead atoms. The van der Waals surface area contributed by atoms with Crippen molar-refractivity contribution in [2.45, 2.75) is 25.1 Å². The summed E-state index contributed by atoms with van der Waals surface area (Å²) in [6, 6.07) is 8.91. The number of hydrogen-bond donors (Lipinski definition) is 3. The minimum absolute atomic E-state index is 0.00629. The van der Waals surface area contributed by atoms with Gasteiger partial charge in [-0.1, -0.05) is 23.7 Å². The van der Waals surface area contributed by atoms with Gasteiger partial charge in [0.25, 0.3) is 0 Å². The fourth-order valence-corrected chi connectivity index (χ4v) is 3.90. The van der Waals surface area contributed by atoms with Crippen molar-refractivity contribution in [3.63, 3.8) is 0 Å². The van der Waals surface area contributed by atoms with E-state index < -0.39 is 11.7 Å². The van der Waals surface area contributed by atoms with Gasteiger partial charge in [-0.25, -0.2) is 0 Å². The van der Waals surface area contributed by atoms with Crippen LogP contribution in [0.25, 0.3) is 16.8 Å². The van der Waals surface area contributed by atoms with Gasteiger partial charge in [-0.15, -0.1) is 5.10 Å². The van der Waals surface area contributed by atoms with Gasteiger partial charge in [-0.3, -0.25) is 0 Å². The van der Waals surface area contributed by atoms with E-state index in [1.54, 1.807) is 24.3 Å². The third-order valence-electron chi connectivity index (χ3n) is 5.03. The topological polar surface area (TPSA) is 104 Å². The second-order valence-corrected chi connectivity index (χ2v) is 7.62. The van der Waals surface area contributed by atoms with Crippen LogP contribution < -0.4 is 21.5 Å². The number of benzene rings is 2. The molecule has 1 aliphatic rings. The highest BCUT2D eigenvalue weighted by molar-refractivity contribution is 6.33. The maximum absolute atomic E-state index is 13.9. The fraction of sp³-hybridized carbons (Fsp3) is 0.300. The van der Waals surface area contributed by atoms with Crippen molar-refractivity contribution in [2.75, 3.05) is 24.6 Å². The lowest BCUT2D eigenvalue weighted by Crippen LogP contribution is -2.28. The molecule has 0 unspecified atom stereocenters. The number of nitrogen functional groups attached to an aromatic ring is 2. The first kappa shape index (κ1) is 21.3. The van der Waals surface area contributed by atoms with Crippen LogP contribution in [0.4, 0.5) is 25.1 Å². The Bertz CT molecular complexity index is 1080. The lowest BCUT2D eigenvalue weighted by Gasteiger charge is -2.17. The molecule has 2 aromatic carbocycles. The zero-order valence-electron chi connectivity index (χ0n) is 16.3. The number of hydrogen-bond acceptors (Lipinski definition) is 6. The number of nitrogens with two attached hydrogens (primary N) is 2. The Balaban J connectivity index is 1.67. The van der Waals surface area contributed by atoms with Gasteiger partial charge >= 0.3 is 6.18 Å². The van der Waals surface area contributed by atoms with E-state index in [-0.39, 0.29) is 34.2 Å². The molecule has 0 aliphatic carbocycles. The van der Waals surface area contributed by atoms with Crippen LogP contribution in [0.1, 0.15) is 18.4 Å². The van der Waals surface area contributed by atoms with Crippen LogP contribution in [0.3, 0.4) is 0 Å². The van der Waals surface area contributed by atoms with Gasteiger partial charge < -0.3 is 21.5 Å². The number of nitrogens with zero attached hydrogens (tertiary/aromatic N) is 3. The average molecular weight is 453 g/mol. The molecule has 1 atom stereocenters. The summed E-state index contributed by atoms with van der Waals surface area (Å²) in [5.41, 5.74) is 10.4. The maximum atomic E-state index is 13.9. The molecule has 7 nitrogen and oxygen atoms in total. The molecular formula is C20H20ClF3N6O. The second kappa shape index (κ2) is 8.27. The largest absolute Gasteiger partial charge is 0.492 e. The van der Waals surface area contributed by atoms with Crippen molar-refractivity contribution in [3.8, 4) is 22.6 Å². The number of rotatable bonds is 5. The lowest BCUT2D eigenvalue weighted by molar-refractivity contribution is -0.137. The van der Waals surface area contributed by atoms with E-state index in [9.17, 15) is 13.2 Å². The summed E-state index contributed by atoms with van der Waals surface area (Å²) in [5.74, 6) is 0.270. The van der Waals surface area contributed by atoms with Crippen LogP contribution in [0.2, 0.25) is 5.02 Å². The Labute approximate surface area is 181 Å². The van der Waals surface area contributed by atoms with Crippen molar-refractivity contribution >= 4 is 23.5 Å². The molecule has 1 aliphatic heterocycles. The normalized spacial score (nSPS) is 16.6. The molecule has 5 N–H and O–H groups in total. The Morgan fingerprint density at radius 2 is 1.94 bits per heavy atom. The Hall–Kier alpha value is -2.98. The molecule has 0 radical (unpaired) electrons. The van der Waals surface area contributed by atoms with Crippen LogP contribution >= 0.6 is 11.6 Å². The van der Waals surface area contributed by atoms with Gasteiger partial charge in [0.05, 0.1) is 16.3 Å². The molecule has 11 heteroatoms. The fourth-order valence-electron chi connectivity index (χ4n) is 3.58. The van der Waals surface area contributed by atoms with Gasteiger partial charge in [0.15, 0.2) is 0 Å². The molecule has 0 saturated carbocycles. The number of aromatic nitrogens is 3. The second-order valence-electron chi connectivity index (χ2n) is 7.22. The van der Waals surface area contributed by atoms with Gasteiger partial charge in [-0.2, -0.15) is 22.8 Å². The summed E-state index contributed by atoms with van der Waals surface area (Å²) in [6.07, 6.45) is -2.52. The van der Waals surface area contributed by atoms with Gasteiger partial charge in [0.2, 0.25) is 11.9 Å². The zero-order valence-corrected chi connectivity index (χ0v) is 17.0. The predicted octanol–water partition coefficient (Wildman–Crippen LogP) is 3.90. The van der Waals surface area contributed by atoms with E-state index in [0.717, 1.165) is 30.1 Å². The van der Waals surface area contributed by atoms with Crippen molar-refractivity contribution in [1.29, 1.82) is 0 Å². The van der Waals surface area contributed by atoms with Crippen molar-refractivity contribution in [3.05, 3.63) is 47.0 Å². The molecule has 31 heavy (non-hydrogen) atoms. The van der Waals surface area contributed by atoms with Crippen molar-refractivity contribution < 1.29 is 17.9 Å². The predicted molar refractivity (Wildman–Crippen MR) is 112 cm³/mol. The van der Waals surface area contributed by atoms with Crippen molar-refractivity contribution in [2.24, 2.45) is 0 Å². The number of ether oxygens (including phenoxy) is 1. The van der Waals surface area contributed by atoms with Crippen LogP contribution in [0.15, 0.2) is 36.4 Å². The minimum atomic E-state index is -4.67. The Kier molecular flexibility index (Phi) is 5.67. The molecule has 0 spiro atoms. The molecular weight excluding hydrogens is 433 g/mol. The van der Waals surface area contributed by atoms with Gasteiger partial charge in [-0.05, 0) is 49.2 Å². The number of alkyl halides is 3. The Morgan fingerprint density at radius 3 is 2.52 bits per heavy atom. The van der Waals surface area contributed by atoms with Crippen LogP contribution in [-0.2, 0) is 6.18 Å². The molecule has 2 heterocycles. The van der Waals surface area contributed by atoms with E-state index in [1.807, 2.05) is 0 Å². The number of halogens is 4. The standard InChI is InChI=1S/C20H20ClF3N6O/c21-16-9-13(30-19(26)28-18(25)29-30)8-15(20(22,23)24)17(16)11-3-5-14(6-4-11)31-10-12-2-1-7-27-12/h3-6,8-9,12,27H,1-2,7,10H2,(H4,25,26,28,29)/t12-/m1/s1. The van der Waals surface area contributed by atoms with E-state index in [1.165, 1.54) is 6.07 Å². The summed E-state index contributed by atoms with van der Waals surface area (Å²) in [6.45, 7) is 1.47. The third kappa shape index (κ3) is 4.54. The maximum Gasteiger partial charge on any atom is 0.417 e. The molecule has 0 amide bonds. The van der Waals surface area contributed by atoms with E-state index in [2.05, 4.69) is 15.4 Å². The summed E-state index contributed by atoms with van der Waals surface area (Å²) < 4.78 is 48.4. The monoisotopic (exact) mass is 452 g/mol. The summed E-state index contributed by atoms with van der Waals surface area (Å²) >= 11 is 6.30. The van der Waals surface area contributed by atoms with Crippen LogP contribution in [-0.4, -0.2) is 34.0 Å². The van der Waals surface area contributed by atoms with E-state index in [4.69, 9.17) is 27.8 Å². The molecule has 4 rings (SSSR count). The quantitative estimate of drug-likeness (QED) is 0.542. The average Bonchev–Trinajstić information content (AvgIpc) is 3.34. The minimum Gasteiger partial charge on any atom is -0.492 e. The van der Waals surface area contributed by atoms with Gasteiger partial charge in [0.1, 0.15) is 12.4 Å². The lowest BCUT2D eigenvalue weighted by atomic mass is 9.98. The van der Waals surface area contributed by atoms with Gasteiger partial charge in [0, 0.05) is 11.6 Å². The highest BCUT2D eigenvalue weighted by Gasteiger charge is 2.36. The van der Waals surface area contributed by atoms with E-state index in [0.29, 0.717) is 17.9 Å². The molecule has 1 aromatic heterocycles. The highest BCUT2D eigenvalue weighted by Crippen LogP contribution is 2.43. The number of nitrogens with one attached hydrogen (secondary N) is 1. The Morgan fingerprint density at radius 1 is 1.19 bits per heavy atom. The first-order valence-electron chi connectivity index (χ1n) is 9.58. The molecule has 1 fully saturated rings. The van der Waals surface area contributed by atoms with Crippen LogP contribution in [0.5, 0.6) is 5.75 Å². The van der Waals surface area contributed by atoms with Crippen LogP contribution in [0, 0.1) is 0 Å². The zero-order chi connectivity index (χ0) is 22.2. The highest BCUT2D eigenvalue weighted by atomic mass is 35.5. The third-order valence-corrected chi connectivity index (χ3v) is 5.33. The number of anilines is 2. The first-order chi connectivity index (χ1) is 14.7. The first-order valence-corrected chi connectivity index (χ1v) is 9.96. The molecule has 164 valence electrons.